The summed E-state index contributed by atoms with van der Waals surface area (Å²) in [5.74, 6) is -1.49. The molecule has 8 heteroatoms. The molecule has 0 aromatic heterocycles. The fourth-order valence-corrected chi connectivity index (χ4v) is 3.16. The Morgan fingerprint density at radius 2 is 1.70 bits per heavy atom. The molecular formula is C22H20F3NO4. The van der Waals surface area contributed by atoms with E-state index in [9.17, 15) is 27.6 Å². The summed E-state index contributed by atoms with van der Waals surface area (Å²) < 4.78 is 44.2. The number of carbonyl (C=O) groups excluding carboxylic acids is 3. The number of amides is 2. The van der Waals surface area contributed by atoms with Gasteiger partial charge in [0.25, 0.3) is 11.8 Å². The molecule has 2 aromatic rings. The van der Waals surface area contributed by atoms with E-state index >= 15 is 0 Å². The van der Waals surface area contributed by atoms with Crippen molar-refractivity contribution in [3.05, 3.63) is 70.3 Å². The topological polar surface area (TPSA) is 63.7 Å². The van der Waals surface area contributed by atoms with Crippen LogP contribution < -0.4 is 0 Å². The van der Waals surface area contributed by atoms with E-state index < -0.39 is 36.1 Å². The molecule has 1 aliphatic rings. The number of imide groups is 1. The summed E-state index contributed by atoms with van der Waals surface area (Å²) in [6, 6.07) is 8.76. The van der Waals surface area contributed by atoms with Gasteiger partial charge in [-0.2, -0.15) is 13.2 Å². The van der Waals surface area contributed by atoms with Gasteiger partial charge in [-0.15, -0.1) is 0 Å². The first-order valence-corrected chi connectivity index (χ1v) is 9.42. The zero-order valence-corrected chi connectivity index (χ0v) is 16.5. The maximum absolute atomic E-state index is 13.1. The summed E-state index contributed by atoms with van der Waals surface area (Å²) in [5.41, 5.74) is -0.777. The second-order valence-corrected chi connectivity index (χ2v) is 7.44. The number of rotatable bonds is 6. The van der Waals surface area contributed by atoms with Crippen molar-refractivity contribution in [1.82, 2.24) is 4.90 Å². The first kappa shape index (κ1) is 21.5. The Labute approximate surface area is 171 Å². The first-order chi connectivity index (χ1) is 14.1. The minimum Gasteiger partial charge on any atom is -0.457 e. The molecule has 0 bridgehead atoms. The van der Waals surface area contributed by atoms with Crippen molar-refractivity contribution >= 4 is 17.8 Å². The van der Waals surface area contributed by atoms with Crippen LogP contribution in [0, 0.1) is 5.92 Å². The van der Waals surface area contributed by atoms with Gasteiger partial charge in [-0.1, -0.05) is 32.0 Å². The summed E-state index contributed by atoms with van der Waals surface area (Å²) in [6.45, 7) is 3.66. The molecule has 3 rings (SSSR count). The smallest absolute Gasteiger partial charge is 0.416 e. The minimum absolute atomic E-state index is 0.00917. The molecule has 0 fully saturated rings. The Morgan fingerprint density at radius 3 is 2.37 bits per heavy atom. The number of carbonyl (C=O) groups is 3. The van der Waals surface area contributed by atoms with Crippen LogP contribution in [0.4, 0.5) is 13.2 Å². The number of halogens is 3. The third-order valence-electron chi connectivity index (χ3n) is 4.82. The number of benzene rings is 2. The first-order valence-electron chi connectivity index (χ1n) is 9.42. The van der Waals surface area contributed by atoms with Gasteiger partial charge in [-0.05, 0) is 36.6 Å². The number of esters is 1. The quantitative estimate of drug-likeness (QED) is 0.503. The predicted octanol–water partition coefficient (Wildman–Crippen LogP) is 4.70. The van der Waals surface area contributed by atoms with Gasteiger partial charge in [0.05, 0.1) is 22.3 Å². The van der Waals surface area contributed by atoms with Crippen LogP contribution in [0.25, 0.3) is 0 Å². The summed E-state index contributed by atoms with van der Waals surface area (Å²) in [6.07, 6.45) is -3.91. The van der Waals surface area contributed by atoms with Gasteiger partial charge in [-0.25, -0.2) is 4.79 Å². The van der Waals surface area contributed by atoms with E-state index in [4.69, 9.17) is 4.74 Å². The average Bonchev–Trinajstić information content (AvgIpc) is 2.93. The minimum atomic E-state index is -4.57. The molecule has 2 amide bonds. The largest absolute Gasteiger partial charge is 0.457 e. The highest BCUT2D eigenvalue weighted by molar-refractivity contribution is 6.21. The van der Waals surface area contributed by atoms with Crippen LogP contribution in [-0.2, 0) is 17.5 Å². The van der Waals surface area contributed by atoms with Crippen LogP contribution in [0.3, 0.4) is 0 Å². The van der Waals surface area contributed by atoms with Gasteiger partial charge in [0, 0.05) is 12.1 Å². The molecule has 0 radical (unpaired) electrons. The molecule has 0 unspecified atom stereocenters. The van der Waals surface area contributed by atoms with Gasteiger partial charge in [0.15, 0.2) is 0 Å². The van der Waals surface area contributed by atoms with E-state index in [0.717, 1.165) is 11.0 Å². The second-order valence-electron chi connectivity index (χ2n) is 7.44. The molecule has 1 aliphatic heterocycles. The Hall–Kier alpha value is -3.16. The van der Waals surface area contributed by atoms with Crippen LogP contribution in [-0.4, -0.2) is 29.2 Å². The molecule has 1 heterocycles. The molecule has 0 N–H and O–H groups in total. The van der Waals surface area contributed by atoms with Gasteiger partial charge in [0.2, 0.25) is 0 Å². The van der Waals surface area contributed by atoms with Crippen LogP contribution in [0.1, 0.15) is 62.5 Å². The van der Waals surface area contributed by atoms with E-state index in [1.807, 2.05) is 13.8 Å². The highest BCUT2D eigenvalue weighted by Crippen LogP contribution is 2.32. The molecule has 5 nitrogen and oxygen atoms in total. The van der Waals surface area contributed by atoms with Crippen molar-refractivity contribution in [1.29, 1.82) is 0 Å². The normalized spacial score (nSPS) is 13.7. The lowest BCUT2D eigenvalue weighted by atomic mass is 10.1. The number of alkyl halides is 3. The summed E-state index contributed by atoms with van der Waals surface area (Å²) in [7, 11) is 0. The molecule has 0 spiro atoms. The standard InChI is InChI=1S/C22H20F3NO4/c1-13(2)9-10-26-19(27)16-8-7-14(11-17(16)20(26)28)21(29)30-12-15-5-3-4-6-18(15)22(23,24)25/h3-8,11,13H,9-10,12H2,1-2H3. The predicted molar refractivity (Wildman–Crippen MR) is 102 cm³/mol. The van der Waals surface area contributed by atoms with Crippen LogP contribution in [0.5, 0.6) is 0 Å². The summed E-state index contributed by atoms with van der Waals surface area (Å²) >= 11 is 0. The molecule has 0 atom stereocenters. The number of hydrogen-bond donors (Lipinski definition) is 0. The Kier molecular flexibility index (Phi) is 5.96. The lowest BCUT2D eigenvalue weighted by Gasteiger charge is -2.14. The van der Waals surface area contributed by atoms with Gasteiger partial charge in [0.1, 0.15) is 6.61 Å². The molecule has 0 saturated carbocycles. The Balaban J connectivity index is 1.75. The zero-order chi connectivity index (χ0) is 22.1. The van der Waals surface area contributed by atoms with Gasteiger partial charge < -0.3 is 4.74 Å². The molecule has 158 valence electrons. The third-order valence-corrected chi connectivity index (χ3v) is 4.82. The number of hydrogen-bond acceptors (Lipinski definition) is 4. The fraction of sp³-hybridized carbons (Fsp3) is 0.318. The van der Waals surface area contributed by atoms with Crippen molar-refractivity contribution in [2.75, 3.05) is 6.54 Å². The van der Waals surface area contributed by atoms with Gasteiger partial charge >= 0.3 is 12.1 Å². The Morgan fingerprint density at radius 1 is 1.03 bits per heavy atom. The van der Waals surface area contributed by atoms with Crippen LogP contribution >= 0.6 is 0 Å². The van der Waals surface area contributed by atoms with Crippen molar-refractivity contribution < 1.29 is 32.3 Å². The monoisotopic (exact) mass is 419 g/mol. The molecule has 0 saturated heterocycles. The second kappa shape index (κ2) is 8.30. The lowest BCUT2D eigenvalue weighted by Crippen LogP contribution is -2.31. The van der Waals surface area contributed by atoms with E-state index in [0.29, 0.717) is 12.3 Å². The fourth-order valence-electron chi connectivity index (χ4n) is 3.16. The highest BCUT2D eigenvalue weighted by atomic mass is 19.4. The Bertz CT molecular complexity index is 998. The van der Waals surface area contributed by atoms with Crippen LogP contribution in [0.2, 0.25) is 0 Å². The summed E-state index contributed by atoms with van der Waals surface area (Å²) in [5, 5.41) is 0. The third kappa shape index (κ3) is 4.37. The SMILES string of the molecule is CC(C)CCN1C(=O)c2ccc(C(=O)OCc3ccccc3C(F)(F)F)cc2C1=O. The van der Waals surface area contributed by atoms with E-state index in [2.05, 4.69) is 0 Å². The maximum atomic E-state index is 13.1. The molecular weight excluding hydrogens is 399 g/mol. The lowest BCUT2D eigenvalue weighted by molar-refractivity contribution is -0.138. The number of fused-ring (bicyclic) bond motifs is 1. The van der Waals surface area contributed by atoms with Crippen molar-refractivity contribution in [2.24, 2.45) is 5.92 Å². The zero-order valence-electron chi connectivity index (χ0n) is 16.5. The van der Waals surface area contributed by atoms with Crippen molar-refractivity contribution in [2.45, 2.75) is 33.1 Å². The molecule has 30 heavy (non-hydrogen) atoms. The summed E-state index contributed by atoms with van der Waals surface area (Å²) in [4.78, 5) is 38.5. The number of ether oxygens (including phenoxy) is 1. The van der Waals surface area contributed by atoms with Crippen molar-refractivity contribution in [3.63, 3.8) is 0 Å². The van der Waals surface area contributed by atoms with E-state index in [1.54, 1.807) is 0 Å². The van der Waals surface area contributed by atoms with E-state index in [-0.39, 0.29) is 28.8 Å². The van der Waals surface area contributed by atoms with Crippen molar-refractivity contribution in [3.8, 4) is 0 Å². The highest BCUT2D eigenvalue weighted by Gasteiger charge is 2.36. The van der Waals surface area contributed by atoms with Gasteiger partial charge in [-0.3, -0.25) is 14.5 Å². The number of nitrogens with zero attached hydrogens (tertiary/aromatic N) is 1. The van der Waals surface area contributed by atoms with Crippen LogP contribution in [0.15, 0.2) is 42.5 Å². The molecule has 0 aliphatic carbocycles. The average molecular weight is 419 g/mol. The maximum Gasteiger partial charge on any atom is 0.416 e. The van der Waals surface area contributed by atoms with E-state index in [1.165, 1.54) is 36.4 Å². The molecule has 2 aromatic carbocycles.